The Kier molecular flexibility index (Phi) is 11.4. The molecule has 236 valence electrons. The number of anilines is 1. The molecule has 4 aromatic rings. The first-order valence-electron chi connectivity index (χ1n) is 14.6. The molecular weight excluding hydrogens is 654 g/mol. The number of methoxy groups -OCH3 is 1. The Labute approximate surface area is 274 Å². The summed E-state index contributed by atoms with van der Waals surface area (Å²) in [7, 11) is -2.74. The summed E-state index contributed by atoms with van der Waals surface area (Å²) in [6.45, 7) is 5.67. The van der Waals surface area contributed by atoms with Crippen molar-refractivity contribution in [1.29, 1.82) is 0 Å². The molecule has 45 heavy (non-hydrogen) atoms. The van der Waals surface area contributed by atoms with Gasteiger partial charge >= 0.3 is 0 Å². The fourth-order valence-electron chi connectivity index (χ4n) is 4.91. The Hall–Kier alpha value is -4.15. The van der Waals surface area contributed by atoms with Crippen LogP contribution in [0.4, 0.5) is 5.69 Å². The number of likely N-dealkylation sites (N-methyl/N-ethyl adjacent to an activating group) is 1. The molecule has 0 spiro atoms. The Morgan fingerprint density at radius 1 is 0.867 bits per heavy atom. The number of aryl methyl sites for hydroxylation is 2. The van der Waals surface area contributed by atoms with Gasteiger partial charge in [-0.3, -0.25) is 13.9 Å². The lowest BCUT2D eigenvalue weighted by atomic mass is 10.0. The maximum atomic E-state index is 14.5. The molecule has 0 radical (unpaired) electrons. The number of rotatable bonds is 13. The van der Waals surface area contributed by atoms with Crippen molar-refractivity contribution in [3.63, 3.8) is 0 Å². The number of carbonyl (C=O) groups excluding carboxylic acids is 2. The highest BCUT2D eigenvalue weighted by Crippen LogP contribution is 2.31. The van der Waals surface area contributed by atoms with Crippen molar-refractivity contribution in [2.24, 2.45) is 0 Å². The molecule has 0 unspecified atom stereocenters. The lowest BCUT2D eigenvalue weighted by Gasteiger charge is -2.34. The van der Waals surface area contributed by atoms with Gasteiger partial charge in [-0.25, -0.2) is 8.42 Å². The predicted molar refractivity (Wildman–Crippen MR) is 181 cm³/mol. The summed E-state index contributed by atoms with van der Waals surface area (Å²) in [4.78, 5) is 29.5. The van der Waals surface area contributed by atoms with Crippen LogP contribution in [0.5, 0.6) is 5.75 Å². The van der Waals surface area contributed by atoms with Crippen LogP contribution in [0.3, 0.4) is 0 Å². The van der Waals surface area contributed by atoms with Gasteiger partial charge in [0.25, 0.3) is 10.0 Å². The third-order valence-corrected chi connectivity index (χ3v) is 9.80. The normalized spacial score (nSPS) is 11.8. The summed E-state index contributed by atoms with van der Waals surface area (Å²) >= 11 is 3.38. The number of nitrogens with one attached hydrogen (secondary N) is 1. The molecule has 0 saturated carbocycles. The van der Waals surface area contributed by atoms with Gasteiger partial charge in [-0.2, -0.15) is 0 Å². The van der Waals surface area contributed by atoms with Gasteiger partial charge in [0.05, 0.1) is 22.2 Å². The molecule has 0 aliphatic rings. The maximum Gasteiger partial charge on any atom is 0.264 e. The monoisotopic (exact) mass is 691 g/mol. The van der Waals surface area contributed by atoms with Crippen LogP contribution in [0.2, 0.25) is 0 Å². The van der Waals surface area contributed by atoms with Crippen LogP contribution in [0.1, 0.15) is 29.2 Å². The van der Waals surface area contributed by atoms with Gasteiger partial charge in [0.15, 0.2) is 0 Å². The molecule has 1 atom stereocenters. The predicted octanol–water partition coefficient (Wildman–Crippen LogP) is 6.05. The van der Waals surface area contributed by atoms with Gasteiger partial charge in [0.2, 0.25) is 11.8 Å². The summed E-state index contributed by atoms with van der Waals surface area (Å²) in [6.07, 6.45) is 0.257. The summed E-state index contributed by atoms with van der Waals surface area (Å²) in [5.74, 6) is -0.355. The quantitative estimate of drug-likeness (QED) is 0.184. The zero-order valence-corrected chi connectivity index (χ0v) is 28.3. The number of ether oxygens (including phenoxy) is 1. The van der Waals surface area contributed by atoms with Crippen LogP contribution in [-0.2, 0) is 32.6 Å². The first-order chi connectivity index (χ1) is 21.5. The van der Waals surface area contributed by atoms with E-state index in [0.717, 1.165) is 26.6 Å². The third kappa shape index (κ3) is 8.52. The number of carbonyl (C=O) groups is 2. The van der Waals surface area contributed by atoms with Crippen molar-refractivity contribution in [2.75, 3.05) is 24.5 Å². The summed E-state index contributed by atoms with van der Waals surface area (Å²) in [5, 5.41) is 2.88. The topological polar surface area (TPSA) is 96.0 Å². The number of sulfonamides is 1. The molecule has 0 fully saturated rings. The largest absolute Gasteiger partial charge is 0.496 e. The van der Waals surface area contributed by atoms with E-state index in [4.69, 9.17) is 4.74 Å². The second-order valence-electron chi connectivity index (χ2n) is 10.8. The molecule has 4 aromatic carbocycles. The molecule has 0 bridgehead atoms. The van der Waals surface area contributed by atoms with Gasteiger partial charge < -0.3 is 15.0 Å². The molecule has 0 aliphatic heterocycles. The second kappa shape index (κ2) is 15.2. The molecule has 4 rings (SSSR count). The van der Waals surface area contributed by atoms with Crippen LogP contribution >= 0.6 is 15.9 Å². The maximum absolute atomic E-state index is 14.5. The minimum absolute atomic E-state index is 0.0156. The Morgan fingerprint density at radius 3 is 2.07 bits per heavy atom. The number of hydrogen-bond acceptors (Lipinski definition) is 5. The summed E-state index contributed by atoms with van der Waals surface area (Å²) < 4.78 is 35.3. The molecule has 0 aromatic heterocycles. The number of nitrogens with zero attached hydrogens (tertiary/aromatic N) is 2. The van der Waals surface area contributed by atoms with Gasteiger partial charge in [0.1, 0.15) is 18.3 Å². The van der Waals surface area contributed by atoms with Gasteiger partial charge in [-0.1, -0.05) is 77.9 Å². The molecule has 1 N–H and O–H groups in total. The lowest BCUT2D eigenvalue weighted by Crippen LogP contribution is -2.53. The van der Waals surface area contributed by atoms with E-state index in [1.165, 1.54) is 24.1 Å². The minimum atomic E-state index is -4.24. The standard InChI is InChI=1S/C35H38BrN3O5S/c1-5-37-35(41)32(21-27-9-7-6-8-10-27)38(23-28-15-11-25(2)12-16-28)34(40)24-39(29-17-13-26(3)14-18-29)45(42,43)30-19-20-33(44-4)31(36)22-30/h6-20,22,32H,5,21,23-24H2,1-4H3,(H,37,41)/t32-/m0/s1. The highest BCUT2D eigenvalue weighted by Gasteiger charge is 2.34. The highest BCUT2D eigenvalue weighted by atomic mass is 79.9. The fraction of sp³-hybridized carbons (Fsp3) is 0.257. The van der Waals surface area contributed by atoms with Crippen LogP contribution in [0, 0.1) is 13.8 Å². The molecule has 2 amide bonds. The van der Waals surface area contributed by atoms with Gasteiger partial charge in [0, 0.05) is 19.5 Å². The molecule has 10 heteroatoms. The van der Waals surface area contributed by atoms with Crippen molar-refractivity contribution in [3.8, 4) is 5.75 Å². The lowest BCUT2D eigenvalue weighted by molar-refractivity contribution is -0.140. The van der Waals surface area contributed by atoms with Crippen LogP contribution in [0.25, 0.3) is 0 Å². The number of halogens is 1. The van der Waals surface area contributed by atoms with E-state index >= 15 is 0 Å². The first-order valence-corrected chi connectivity index (χ1v) is 16.9. The minimum Gasteiger partial charge on any atom is -0.496 e. The van der Waals surface area contributed by atoms with Gasteiger partial charge in [-0.05, 0) is 78.2 Å². The van der Waals surface area contributed by atoms with Crippen molar-refractivity contribution >= 4 is 43.5 Å². The molecule has 0 saturated heterocycles. The van der Waals surface area contributed by atoms with Crippen molar-refractivity contribution in [1.82, 2.24) is 10.2 Å². The number of benzene rings is 4. The van der Waals surface area contributed by atoms with E-state index in [9.17, 15) is 18.0 Å². The highest BCUT2D eigenvalue weighted by molar-refractivity contribution is 9.10. The van der Waals surface area contributed by atoms with E-state index in [-0.39, 0.29) is 23.8 Å². The average molecular weight is 693 g/mol. The third-order valence-electron chi connectivity index (χ3n) is 7.41. The zero-order chi connectivity index (χ0) is 32.6. The molecule has 8 nitrogen and oxygen atoms in total. The summed E-state index contributed by atoms with van der Waals surface area (Å²) in [5.41, 5.74) is 4.02. The van der Waals surface area contributed by atoms with E-state index in [0.29, 0.717) is 22.5 Å². The van der Waals surface area contributed by atoms with Crippen molar-refractivity contribution < 1.29 is 22.7 Å². The smallest absolute Gasteiger partial charge is 0.264 e. The van der Waals surface area contributed by atoms with E-state index in [1.54, 1.807) is 30.3 Å². The van der Waals surface area contributed by atoms with E-state index in [1.807, 2.05) is 75.4 Å². The molecular formula is C35H38BrN3O5S. The molecule has 0 heterocycles. The zero-order valence-electron chi connectivity index (χ0n) is 25.9. The fourth-order valence-corrected chi connectivity index (χ4v) is 7.04. The number of amides is 2. The average Bonchev–Trinajstić information content (AvgIpc) is 3.03. The Bertz CT molecular complexity index is 1710. The van der Waals surface area contributed by atoms with E-state index < -0.39 is 28.5 Å². The van der Waals surface area contributed by atoms with Crippen molar-refractivity contribution in [3.05, 3.63) is 124 Å². The molecule has 0 aliphatic carbocycles. The van der Waals surface area contributed by atoms with Crippen molar-refractivity contribution in [2.45, 2.75) is 44.7 Å². The van der Waals surface area contributed by atoms with Crippen LogP contribution in [-0.4, -0.2) is 51.4 Å². The Balaban J connectivity index is 1.80. The van der Waals surface area contributed by atoms with E-state index in [2.05, 4.69) is 21.2 Å². The van der Waals surface area contributed by atoms with Crippen LogP contribution < -0.4 is 14.4 Å². The number of hydrogen-bond donors (Lipinski definition) is 1. The Morgan fingerprint density at radius 2 is 1.49 bits per heavy atom. The first kappa shape index (κ1) is 33.7. The summed E-state index contributed by atoms with van der Waals surface area (Å²) in [6, 6.07) is 27.7. The van der Waals surface area contributed by atoms with Crippen LogP contribution in [0.15, 0.2) is 106 Å². The second-order valence-corrected chi connectivity index (χ2v) is 13.5. The SMILES string of the molecule is CCNC(=O)[C@H](Cc1ccccc1)N(Cc1ccc(C)cc1)C(=O)CN(c1ccc(C)cc1)S(=O)(=O)c1ccc(OC)c(Br)c1. The van der Waals surface area contributed by atoms with Gasteiger partial charge in [-0.15, -0.1) is 0 Å².